The van der Waals surface area contributed by atoms with Gasteiger partial charge in [0, 0.05) is 32.9 Å². The van der Waals surface area contributed by atoms with Gasteiger partial charge in [-0.3, -0.25) is 4.90 Å². The van der Waals surface area contributed by atoms with Crippen LogP contribution in [0.25, 0.3) is 0 Å². The number of nitrogens with one attached hydrogen (secondary N) is 1. The van der Waals surface area contributed by atoms with Crippen molar-refractivity contribution < 1.29 is 4.74 Å². The van der Waals surface area contributed by atoms with Gasteiger partial charge in [0.2, 0.25) is 0 Å². The maximum atomic E-state index is 6.03. The largest absolute Gasteiger partial charge is 0.378 e. The number of hydrogen-bond acceptors (Lipinski definition) is 4. The Balaban J connectivity index is 2.23. The van der Waals surface area contributed by atoms with Crippen molar-refractivity contribution in [1.29, 1.82) is 0 Å². The number of morpholine rings is 1. The van der Waals surface area contributed by atoms with E-state index in [2.05, 4.69) is 60.4 Å². The van der Waals surface area contributed by atoms with Crippen molar-refractivity contribution in [2.24, 2.45) is 0 Å². The minimum atomic E-state index is 0.223. The normalized spacial score (nSPS) is 23.2. The number of hydrogen-bond donors (Lipinski definition) is 1. The summed E-state index contributed by atoms with van der Waals surface area (Å²) in [6.45, 7) is 6.12. The summed E-state index contributed by atoms with van der Waals surface area (Å²) in [5.41, 5.74) is 2.59. The lowest BCUT2D eigenvalue weighted by Crippen LogP contribution is -2.48. The van der Waals surface area contributed by atoms with Crippen LogP contribution in [0.1, 0.15) is 24.9 Å². The van der Waals surface area contributed by atoms with Crippen LogP contribution in [0.15, 0.2) is 24.3 Å². The van der Waals surface area contributed by atoms with Gasteiger partial charge in [0.25, 0.3) is 0 Å². The summed E-state index contributed by atoms with van der Waals surface area (Å²) in [5, 5.41) is 3.27. The van der Waals surface area contributed by atoms with Crippen molar-refractivity contribution in [2.75, 3.05) is 52.3 Å². The molecule has 1 fully saturated rings. The first-order valence-electron chi connectivity index (χ1n) is 7.95. The molecule has 2 rings (SSSR count). The molecule has 4 nitrogen and oxygen atoms in total. The molecule has 0 aliphatic carbocycles. The van der Waals surface area contributed by atoms with Crippen molar-refractivity contribution >= 4 is 5.69 Å². The van der Waals surface area contributed by atoms with E-state index in [4.69, 9.17) is 4.74 Å². The van der Waals surface area contributed by atoms with Gasteiger partial charge in [0.05, 0.1) is 18.8 Å². The first kappa shape index (κ1) is 16.3. The molecule has 1 heterocycles. The average molecular weight is 291 g/mol. The first-order valence-corrected chi connectivity index (χ1v) is 7.95. The second-order valence-electron chi connectivity index (χ2n) is 5.93. The second-order valence-corrected chi connectivity index (χ2v) is 5.93. The van der Waals surface area contributed by atoms with Crippen molar-refractivity contribution in [1.82, 2.24) is 10.2 Å². The molecule has 1 aliphatic rings. The monoisotopic (exact) mass is 291 g/mol. The standard InChI is InChI=1S/C17H29N3O/c1-5-10-20-11-12-21-16(13-18-2)17(20)14-6-8-15(9-7-14)19(3)4/h6-9,16-18H,5,10-13H2,1-4H3. The van der Waals surface area contributed by atoms with Crippen molar-refractivity contribution in [3.63, 3.8) is 0 Å². The van der Waals surface area contributed by atoms with Crippen molar-refractivity contribution in [3.8, 4) is 0 Å². The van der Waals surface area contributed by atoms with Gasteiger partial charge < -0.3 is 15.0 Å². The first-order chi connectivity index (χ1) is 10.2. The van der Waals surface area contributed by atoms with Crippen LogP contribution in [0, 0.1) is 0 Å². The van der Waals surface area contributed by atoms with Crippen LogP contribution < -0.4 is 10.2 Å². The predicted octanol–water partition coefficient (Wildman–Crippen LogP) is 2.12. The fraction of sp³-hybridized carbons (Fsp3) is 0.647. The Bertz CT molecular complexity index is 401. The van der Waals surface area contributed by atoms with E-state index in [1.165, 1.54) is 17.7 Å². The quantitative estimate of drug-likeness (QED) is 0.869. The highest BCUT2D eigenvalue weighted by Gasteiger charge is 2.32. The Kier molecular flexibility index (Phi) is 6.03. The SMILES string of the molecule is CCCN1CCOC(CNC)C1c1ccc(N(C)C)cc1. The number of nitrogens with zero attached hydrogens (tertiary/aromatic N) is 2. The summed E-state index contributed by atoms with van der Waals surface area (Å²) in [6, 6.07) is 9.25. The lowest BCUT2D eigenvalue weighted by molar-refractivity contribution is -0.0704. The van der Waals surface area contributed by atoms with Gasteiger partial charge in [-0.05, 0) is 37.7 Å². The summed E-state index contributed by atoms with van der Waals surface area (Å²) in [6.07, 6.45) is 1.40. The molecule has 0 amide bonds. The third-order valence-electron chi connectivity index (χ3n) is 4.12. The van der Waals surface area contributed by atoms with Crippen LogP contribution in [0.2, 0.25) is 0 Å². The molecule has 1 aromatic carbocycles. The van der Waals surface area contributed by atoms with Gasteiger partial charge in [-0.25, -0.2) is 0 Å². The molecular formula is C17H29N3O. The molecule has 0 bridgehead atoms. The summed E-state index contributed by atoms with van der Waals surface area (Å²) < 4.78 is 6.03. The summed E-state index contributed by atoms with van der Waals surface area (Å²) >= 11 is 0. The fourth-order valence-electron chi connectivity index (χ4n) is 3.09. The van der Waals surface area contributed by atoms with Crippen LogP contribution in [-0.2, 0) is 4.74 Å². The van der Waals surface area contributed by atoms with Crippen LogP contribution in [0.3, 0.4) is 0 Å². The van der Waals surface area contributed by atoms with Gasteiger partial charge >= 0.3 is 0 Å². The zero-order valence-corrected chi connectivity index (χ0v) is 13.8. The lowest BCUT2D eigenvalue weighted by atomic mass is 9.97. The Labute approximate surface area is 129 Å². The topological polar surface area (TPSA) is 27.7 Å². The molecule has 1 N–H and O–H groups in total. The highest BCUT2D eigenvalue weighted by atomic mass is 16.5. The smallest absolute Gasteiger partial charge is 0.0896 e. The zero-order valence-electron chi connectivity index (χ0n) is 13.8. The van der Waals surface area contributed by atoms with Crippen LogP contribution in [-0.4, -0.2) is 58.4 Å². The van der Waals surface area contributed by atoms with E-state index in [9.17, 15) is 0 Å². The van der Waals surface area contributed by atoms with Crippen molar-refractivity contribution in [2.45, 2.75) is 25.5 Å². The maximum Gasteiger partial charge on any atom is 0.0896 e. The molecule has 0 aromatic heterocycles. The third-order valence-corrected chi connectivity index (χ3v) is 4.12. The molecule has 2 unspecified atom stereocenters. The van der Waals surface area contributed by atoms with E-state index in [1.807, 2.05) is 7.05 Å². The summed E-state index contributed by atoms with van der Waals surface area (Å²) in [7, 11) is 6.15. The van der Waals surface area contributed by atoms with E-state index in [1.54, 1.807) is 0 Å². The predicted molar refractivity (Wildman–Crippen MR) is 89.0 cm³/mol. The zero-order chi connectivity index (χ0) is 15.2. The van der Waals surface area contributed by atoms with Gasteiger partial charge in [-0.2, -0.15) is 0 Å². The summed E-state index contributed by atoms with van der Waals surface area (Å²) in [5.74, 6) is 0. The van der Waals surface area contributed by atoms with E-state index in [0.717, 1.165) is 26.2 Å². The molecule has 118 valence electrons. The molecule has 0 spiro atoms. The molecular weight excluding hydrogens is 262 g/mol. The maximum absolute atomic E-state index is 6.03. The summed E-state index contributed by atoms with van der Waals surface area (Å²) in [4.78, 5) is 4.70. The molecule has 1 saturated heterocycles. The lowest BCUT2D eigenvalue weighted by Gasteiger charge is -2.41. The van der Waals surface area contributed by atoms with Crippen LogP contribution in [0.4, 0.5) is 5.69 Å². The minimum absolute atomic E-state index is 0.223. The van der Waals surface area contributed by atoms with Gasteiger partial charge in [-0.15, -0.1) is 0 Å². The van der Waals surface area contributed by atoms with Crippen molar-refractivity contribution in [3.05, 3.63) is 29.8 Å². The average Bonchev–Trinajstić information content (AvgIpc) is 2.48. The van der Waals surface area contributed by atoms with E-state index >= 15 is 0 Å². The molecule has 0 radical (unpaired) electrons. The Morgan fingerprint density at radius 2 is 2.00 bits per heavy atom. The van der Waals surface area contributed by atoms with Gasteiger partial charge in [0.1, 0.15) is 0 Å². The highest BCUT2D eigenvalue weighted by molar-refractivity contribution is 5.46. The second kappa shape index (κ2) is 7.78. The van der Waals surface area contributed by atoms with Gasteiger partial charge in [-0.1, -0.05) is 19.1 Å². The molecule has 1 aliphatic heterocycles. The van der Waals surface area contributed by atoms with E-state index in [-0.39, 0.29) is 6.10 Å². The molecule has 21 heavy (non-hydrogen) atoms. The number of rotatable bonds is 6. The third kappa shape index (κ3) is 3.96. The fourth-order valence-corrected chi connectivity index (χ4v) is 3.09. The minimum Gasteiger partial charge on any atom is -0.378 e. The molecule has 1 aromatic rings. The Morgan fingerprint density at radius 3 is 2.57 bits per heavy atom. The Hall–Kier alpha value is -1.10. The number of benzene rings is 1. The Morgan fingerprint density at radius 1 is 1.29 bits per heavy atom. The van der Waals surface area contributed by atoms with E-state index < -0.39 is 0 Å². The number of ether oxygens (including phenoxy) is 1. The van der Waals surface area contributed by atoms with E-state index in [0.29, 0.717) is 6.04 Å². The van der Waals surface area contributed by atoms with Crippen LogP contribution >= 0.6 is 0 Å². The number of anilines is 1. The molecule has 4 heteroatoms. The molecule has 2 atom stereocenters. The number of likely N-dealkylation sites (N-methyl/N-ethyl adjacent to an activating group) is 1. The van der Waals surface area contributed by atoms with Crippen LogP contribution in [0.5, 0.6) is 0 Å². The van der Waals surface area contributed by atoms with Gasteiger partial charge in [0.15, 0.2) is 0 Å². The highest BCUT2D eigenvalue weighted by Crippen LogP contribution is 2.30. The molecule has 0 saturated carbocycles.